The van der Waals surface area contributed by atoms with Crippen LogP contribution in [0.25, 0.3) is 0 Å². The fraction of sp³-hybridized carbons (Fsp3) is 0.615. The molecule has 1 aromatic rings. The molecule has 0 saturated heterocycles. The van der Waals surface area contributed by atoms with Crippen LogP contribution in [0.2, 0.25) is 0 Å². The molecule has 0 aliphatic heterocycles. The second-order valence-electron chi connectivity index (χ2n) is 4.75. The van der Waals surface area contributed by atoms with Gasteiger partial charge in [0.25, 0.3) is 0 Å². The van der Waals surface area contributed by atoms with E-state index in [2.05, 4.69) is 10.3 Å². The van der Waals surface area contributed by atoms with Crippen molar-refractivity contribution in [1.29, 1.82) is 0 Å². The van der Waals surface area contributed by atoms with Crippen LogP contribution in [0.4, 0.5) is 0 Å². The van der Waals surface area contributed by atoms with Gasteiger partial charge < -0.3 is 15.2 Å². The molecule has 0 bridgehead atoms. The van der Waals surface area contributed by atoms with Gasteiger partial charge in [0.1, 0.15) is 5.75 Å². The molecule has 0 spiro atoms. The van der Waals surface area contributed by atoms with Crippen LogP contribution in [-0.2, 0) is 6.42 Å². The van der Waals surface area contributed by atoms with E-state index in [0.717, 1.165) is 22.6 Å². The Balaban J connectivity index is 3.00. The highest BCUT2D eigenvalue weighted by atomic mass is 16.5. The second kappa shape index (κ2) is 5.47. The molecule has 17 heavy (non-hydrogen) atoms. The fourth-order valence-electron chi connectivity index (χ4n) is 2.05. The maximum atomic E-state index is 10.2. The molecule has 1 heterocycles. The van der Waals surface area contributed by atoms with Gasteiger partial charge in [0, 0.05) is 36.0 Å². The van der Waals surface area contributed by atoms with Gasteiger partial charge in [-0.25, -0.2) is 0 Å². The predicted molar refractivity (Wildman–Crippen MR) is 68.5 cm³/mol. The maximum Gasteiger partial charge on any atom is 0.128 e. The number of aliphatic hydroxyl groups is 1. The SMILES string of the molecule is CNCC(C)(O)Cc1ncc(C)c(OC)c1C. The summed E-state index contributed by atoms with van der Waals surface area (Å²) in [5.74, 6) is 0.857. The Labute approximate surface area is 103 Å². The van der Waals surface area contributed by atoms with E-state index in [1.165, 1.54) is 0 Å². The average molecular weight is 238 g/mol. The van der Waals surface area contributed by atoms with Gasteiger partial charge >= 0.3 is 0 Å². The summed E-state index contributed by atoms with van der Waals surface area (Å²) in [4.78, 5) is 4.39. The number of rotatable bonds is 5. The van der Waals surface area contributed by atoms with Crippen molar-refractivity contribution in [2.45, 2.75) is 32.8 Å². The molecule has 1 rings (SSSR count). The number of aryl methyl sites for hydroxylation is 1. The van der Waals surface area contributed by atoms with E-state index in [9.17, 15) is 5.11 Å². The molecule has 1 unspecified atom stereocenters. The lowest BCUT2D eigenvalue weighted by Gasteiger charge is -2.24. The second-order valence-corrected chi connectivity index (χ2v) is 4.75. The van der Waals surface area contributed by atoms with Crippen molar-refractivity contribution in [3.63, 3.8) is 0 Å². The van der Waals surface area contributed by atoms with Gasteiger partial charge in [-0.2, -0.15) is 0 Å². The largest absolute Gasteiger partial charge is 0.496 e. The number of nitrogens with zero attached hydrogens (tertiary/aromatic N) is 1. The average Bonchev–Trinajstić information content (AvgIpc) is 2.23. The number of nitrogens with one attached hydrogen (secondary N) is 1. The molecule has 0 aliphatic carbocycles. The molecule has 0 aliphatic rings. The lowest BCUT2D eigenvalue weighted by Crippen LogP contribution is -2.38. The Bertz CT molecular complexity index is 389. The molecule has 0 amide bonds. The first-order chi connectivity index (χ1) is 7.91. The van der Waals surface area contributed by atoms with Crippen molar-refractivity contribution in [1.82, 2.24) is 10.3 Å². The number of hydrogen-bond donors (Lipinski definition) is 2. The molecule has 1 atom stereocenters. The van der Waals surface area contributed by atoms with Crippen LogP contribution >= 0.6 is 0 Å². The van der Waals surface area contributed by atoms with Crippen LogP contribution in [0.1, 0.15) is 23.7 Å². The minimum Gasteiger partial charge on any atom is -0.496 e. The van der Waals surface area contributed by atoms with Gasteiger partial charge in [-0.3, -0.25) is 4.98 Å². The van der Waals surface area contributed by atoms with E-state index >= 15 is 0 Å². The minimum absolute atomic E-state index is 0.510. The van der Waals surface area contributed by atoms with Crippen LogP contribution in [0, 0.1) is 13.8 Å². The van der Waals surface area contributed by atoms with E-state index in [1.54, 1.807) is 20.2 Å². The molecule has 4 heteroatoms. The molecule has 0 saturated carbocycles. The Kier molecular flexibility index (Phi) is 4.48. The maximum absolute atomic E-state index is 10.2. The van der Waals surface area contributed by atoms with Gasteiger partial charge in [-0.1, -0.05) is 0 Å². The van der Waals surface area contributed by atoms with E-state index in [-0.39, 0.29) is 0 Å². The highest BCUT2D eigenvalue weighted by molar-refractivity contribution is 5.41. The quantitative estimate of drug-likeness (QED) is 0.810. The number of aromatic nitrogens is 1. The topological polar surface area (TPSA) is 54.4 Å². The third-order valence-corrected chi connectivity index (χ3v) is 2.86. The summed E-state index contributed by atoms with van der Waals surface area (Å²) in [5.41, 5.74) is 2.10. The van der Waals surface area contributed by atoms with Crippen molar-refractivity contribution >= 4 is 0 Å². The monoisotopic (exact) mass is 238 g/mol. The first-order valence-electron chi connectivity index (χ1n) is 5.77. The highest BCUT2D eigenvalue weighted by Crippen LogP contribution is 2.26. The molecule has 0 radical (unpaired) electrons. The van der Waals surface area contributed by atoms with Gasteiger partial charge in [0.2, 0.25) is 0 Å². The number of pyridine rings is 1. The van der Waals surface area contributed by atoms with Crippen LogP contribution in [0.3, 0.4) is 0 Å². The Hall–Kier alpha value is -1.13. The molecular formula is C13H22N2O2. The highest BCUT2D eigenvalue weighted by Gasteiger charge is 2.23. The summed E-state index contributed by atoms with van der Waals surface area (Å²) in [6.45, 7) is 6.28. The third-order valence-electron chi connectivity index (χ3n) is 2.86. The predicted octanol–water partition coefficient (Wildman–Crippen LogP) is 1.22. The fourth-order valence-corrected chi connectivity index (χ4v) is 2.05. The molecule has 4 nitrogen and oxygen atoms in total. The zero-order chi connectivity index (χ0) is 13.1. The molecule has 0 fully saturated rings. The first kappa shape index (κ1) is 13.9. The lowest BCUT2D eigenvalue weighted by atomic mass is 9.96. The van der Waals surface area contributed by atoms with Crippen LogP contribution in [0.5, 0.6) is 5.75 Å². The molecular weight excluding hydrogens is 216 g/mol. The van der Waals surface area contributed by atoms with Gasteiger partial charge in [0.05, 0.1) is 12.7 Å². The summed E-state index contributed by atoms with van der Waals surface area (Å²) >= 11 is 0. The van der Waals surface area contributed by atoms with Crippen LogP contribution < -0.4 is 10.1 Å². The summed E-state index contributed by atoms with van der Waals surface area (Å²) in [5, 5.41) is 13.2. The number of ether oxygens (including phenoxy) is 1. The van der Waals surface area contributed by atoms with E-state index in [0.29, 0.717) is 13.0 Å². The van der Waals surface area contributed by atoms with Crippen molar-refractivity contribution < 1.29 is 9.84 Å². The standard InChI is InChI=1S/C13H22N2O2/c1-9-7-15-11(10(2)12(9)17-5)6-13(3,16)8-14-4/h7,14,16H,6,8H2,1-5H3. The lowest BCUT2D eigenvalue weighted by molar-refractivity contribution is 0.0610. The van der Waals surface area contributed by atoms with Gasteiger partial charge in [0.15, 0.2) is 0 Å². The summed E-state index contributed by atoms with van der Waals surface area (Å²) < 4.78 is 5.35. The summed E-state index contributed by atoms with van der Waals surface area (Å²) in [6.07, 6.45) is 2.30. The number of hydrogen-bond acceptors (Lipinski definition) is 4. The third kappa shape index (κ3) is 3.41. The molecule has 1 aromatic heterocycles. The van der Waals surface area contributed by atoms with E-state index in [4.69, 9.17) is 4.74 Å². The van der Waals surface area contributed by atoms with Crippen LogP contribution in [-0.4, -0.2) is 36.4 Å². The molecule has 2 N–H and O–H groups in total. The van der Waals surface area contributed by atoms with Crippen molar-refractivity contribution in [2.75, 3.05) is 20.7 Å². The Morgan fingerprint density at radius 1 is 1.47 bits per heavy atom. The van der Waals surface area contributed by atoms with E-state index < -0.39 is 5.60 Å². The number of likely N-dealkylation sites (N-methyl/N-ethyl adjacent to an activating group) is 1. The minimum atomic E-state index is -0.799. The first-order valence-corrected chi connectivity index (χ1v) is 5.77. The van der Waals surface area contributed by atoms with Crippen molar-refractivity contribution in [3.05, 3.63) is 23.0 Å². The smallest absolute Gasteiger partial charge is 0.128 e. The van der Waals surface area contributed by atoms with Crippen molar-refractivity contribution in [2.24, 2.45) is 0 Å². The van der Waals surface area contributed by atoms with Gasteiger partial charge in [-0.15, -0.1) is 0 Å². The molecule has 96 valence electrons. The normalized spacial score (nSPS) is 14.5. The summed E-state index contributed by atoms with van der Waals surface area (Å²) in [6, 6.07) is 0. The summed E-state index contributed by atoms with van der Waals surface area (Å²) in [7, 11) is 3.48. The zero-order valence-electron chi connectivity index (χ0n) is 11.3. The van der Waals surface area contributed by atoms with Gasteiger partial charge in [-0.05, 0) is 27.8 Å². The Morgan fingerprint density at radius 3 is 2.65 bits per heavy atom. The molecule has 0 aromatic carbocycles. The van der Waals surface area contributed by atoms with E-state index in [1.807, 2.05) is 20.9 Å². The van der Waals surface area contributed by atoms with Crippen LogP contribution in [0.15, 0.2) is 6.20 Å². The van der Waals surface area contributed by atoms with Crippen molar-refractivity contribution in [3.8, 4) is 5.75 Å². The zero-order valence-corrected chi connectivity index (χ0v) is 11.3. The number of methoxy groups -OCH3 is 1. The Morgan fingerprint density at radius 2 is 2.12 bits per heavy atom.